The van der Waals surface area contributed by atoms with Gasteiger partial charge in [0, 0.05) is 19.3 Å². The van der Waals surface area contributed by atoms with Crippen LogP contribution >= 0.6 is 7.82 Å². The number of esters is 3. The van der Waals surface area contributed by atoms with Gasteiger partial charge in [0.15, 0.2) is 6.10 Å². The van der Waals surface area contributed by atoms with Crippen LogP contribution in [0.2, 0.25) is 0 Å². The van der Waals surface area contributed by atoms with Crippen LogP contribution in [0.15, 0.2) is 36.5 Å². The van der Waals surface area contributed by atoms with Crippen molar-refractivity contribution >= 4 is 25.7 Å². The summed E-state index contributed by atoms with van der Waals surface area (Å²) in [5, 5.41) is 9.72. The smallest absolute Gasteiger partial charge is 0.462 e. The van der Waals surface area contributed by atoms with Gasteiger partial charge in [-0.25, -0.2) is 4.57 Å². The number of hydrogen-bond donors (Lipinski definition) is 2. The molecule has 60 heavy (non-hydrogen) atoms. The number of phosphoric ester groups is 1. The van der Waals surface area contributed by atoms with Crippen LogP contribution in [0.4, 0.5) is 0 Å². The van der Waals surface area contributed by atoms with Gasteiger partial charge in [0.1, 0.15) is 12.7 Å². The molecule has 0 radical (unpaired) electrons. The van der Waals surface area contributed by atoms with Gasteiger partial charge >= 0.3 is 25.7 Å². The zero-order valence-corrected chi connectivity index (χ0v) is 39.1. The highest BCUT2D eigenvalue weighted by Crippen LogP contribution is 2.43. The van der Waals surface area contributed by atoms with Gasteiger partial charge in [-0.3, -0.25) is 23.4 Å². The summed E-state index contributed by atoms with van der Waals surface area (Å²) in [5.74, 6) is -1.49. The van der Waals surface area contributed by atoms with Crippen LogP contribution in [0, 0.1) is 0 Å². The Morgan fingerprint density at radius 2 is 0.867 bits per heavy atom. The minimum Gasteiger partial charge on any atom is -0.462 e. The maximum absolute atomic E-state index is 12.8. The molecule has 350 valence electrons. The molecule has 3 atom stereocenters. The van der Waals surface area contributed by atoms with Crippen molar-refractivity contribution in [3.63, 3.8) is 0 Å². The van der Waals surface area contributed by atoms with Crippen molar-refractivity contribution in [1.29, 1.82) is 0 Å². The third-order valence-corrected chi connectivity index (χ3v) is 11.0. The second-order valence-corrected chi connectivity index (χ2v) is 17.4. The van der Waals surface area contributed by atoms with E-state index in [-0.39, 0.29) is 25.9 Å². The summed E-state index contributed by atoms with van der Waals surface area (Å²) < 4.78 is 39.1. The van der Waals surface area contributed by atoms with E-state index in [0.29, 0.717) is 19.3 Å². The van der Waals surface area contributed by atoms with E-state index < -0.39 is 57.8 Å². The molecule has 0 aromatic carbocycles. The van der Waals surface area contributed by atoms with Gasteiger partial charge in [-0.2, -0.15) is 0 Å². The Hall–Kier alpha value is -2.30. The number of rotatable bonds is 44. The number of carbonyl (C=O) groups excluding carboxylic acids is 3. The van der Waals surface area contributed by atoms with Gasteiger partial charge in [-0.1, -0.05) is 166 Å². The van der Waals surface area contributed by atoms with Gasteiger partial charge in [0.05, 0.1) is 19.8 Å². The van der Waals surface area contributed by atoms with Crippen LogP contribution < -0.4 is 0 Å². The first-order valence-corrected chi connectivity index (χ1v) is 25.4. The molecular formula is C48H87O11P. The zero-order chi connectivity index (χ0) is 44.2. The molecule has 0 rings (SSSR count). The first-order chi connectivity index (χ1) is 29.2. The number of carbonyl (C=O) groups is 3. The summed E-state index contributed by atoms with van der Waals surface area (Å²) >= 11 is 0. The summed E-state index contributed by atoms with van der Waals surface area (Å²) in [5.41, 5.74) is 0. The molecular weight excluding hydrogens is 783 g/mol. The summed E-state index contributed by atoms with van der Waals surface area (Å²) in [6, 6.07) is 0. The number of allylic oxidation sites excluding steroid dienone is 6. The molecule has 0 aliphatic heterocycles. The lowest BCUT2D eigenvalue weighted by Crippen LogP contribution is -2.30. The molecule has 0 saturated carbocycles. The highest BCUT2D eigenvalue weighted by molar-refractivity contribution is 7.47. The first kappa shape index (κ1) is 57.7. The van der Waals surface area contributed by atoms with E-state index in [0.717, 1.165) is 109 Å². The third-order valence-electron chi connectivity index (χ3n) is 10.0. The lowest BCUT2D eigenvalue weighted by atomic mass is 10.1. The Kier molecular flexibility index (Phi) is 41.7. The highest BCUT2D eigenvalue weighted by Gasteiger charge is 2.28. The van der Waals surface area contributed by atoms with Crippen molar-refractivity contribution in [1.82, 2.24) is 0 Å². The van der Waals surface area contributed by atoms with E-state index in [9.17, 15) is 28.9 Å². The third kappa shape index (κ3) is 41.1. The van der Waals surface area contributed by atoms with Crippen LogP contribution in [-0.4, -0.2) is 66.5 Å². The van der Waals surface area contributed by atoms with E-state index in [1.165, 1.54) is 44.9 Å². The molecule has 0 heterocycles. The summed E-state index contributed by atoms with van der Waals surface area (Å²) in [7, 11) is -4.73. The molecule has 0 amide bonds. The number of phosphoric acid groups is 1. The molecule has 0 fully saturated rings. The number of aliphatic hydroxyl groups is 1. The van der Waals surface area contributed by atoms with E-state index in [1.54, 1.807) is 0 Å². The Morgan fingerprint density at radius 1 is 0.467 bits per heavy atom. The molecule has 11 nitrogen and oxygen atoms in total. The first-order valence-electron chi connectivity index (χ1n) is 23.9. The fraction of sp³-hybridized carbons (Fsp3) is 0.812. The summed E-state index contributed by atoms with van der Waals surface area (Å²) in [6.07, 6.45) is 39.9. The summed E-state index contributed by atoms with van der Waals surface area (Å²) in [4.78, 5) is 48.0. The minimum atomic E-state index is -4.73. The number of aliphatic hydroxyl groups excluding tert-OH is 1. The van der Waals surface area contributed by atoms with E-state index >= 15 is 0 Å². The maximum Gasteiger partial charge on any atom is 0.472 e. The van der Waals surface area contributed by atoms with Gasteiger partial charge in [-0.15, -0.1) is 0 Å². The topological polar surface area (TPSA) is 155 Å². The van der Waals surface area contributed by atoms with Crippen LogP contribution in [0.5, 0.6) is 0 Å². The Bertz CT molecular complexity index is 1160. The number of unbranched alkanes of at least 4 members (excludes halogenated alkanes) is 21. The van der Waals surface area contributed by atoms with Crippen molar-refractivity contribution in [2.75, 3.05) is 26.4 Å². The number of hydrogen-bond acceptors (Lipinski definition) is 10. The van der Waals surface area contributed by atoms with E-state index in [2.05, 4.69) is 57.2 Å². The van der Waals surface area contributed by atoms with E-state index in [1.807, 2.05) is 0 Å². The monoisotopic (exact) mass is 871 g/mol. The molecule has 0 bridgehead atoms. The molecule has 3 unspecified atom stereocenters. The fourth-order valence-electron chi connectivity index (χ4n) is 6.31. The lowest BCUT2D eigenvalue weighted by molar-refractivity contribution is -0.161. The Morgan fingerprint density at radius 3 is 1.37 bits per heavy atom. The summed E-state index contributed by atoms with van der Waals surface area (Å²) in [6.45, 7) is 4.47. The normalized spacial score (nSPS) is 13.9. The predicted octanol–water partition coefficient (Wildman–Crippen LogP) is 12.9. The standard InChI is InChI=1S/C48H87O11P/c1-4-7-10-13-16-19-21-22-24-27-30-33-36-39-48(52)59-45(41-55-46(50)37-34-31-28-25-18-15-12-9-6-3)43-57-60(53,54)56-42-44(40-49)58-47(51)38-35-32-29-26-23-20-17-14-11-8-5-2/h10,13-14,17,19,21,44-45,49H,4-9,11-12,15-16,18,20,22-43H2,1-3H3,(H,53,54)/b13-10-,17-14-,21-19-. The Balaban J connectivity index is 4.75. The SMILES string of the molecule is CCC/C=C\C/C=C\CCCCCCCC(=O)OC(COC(=O)CCCCCCCCCCC)COP(=O)(O)OCC(CO)OC(=O)CCCCCCC/C=C\CCCC. The van der Waals surface area contributed by atoms with E-state index in [4.69, 9.17) is 23.3 Å². The fourth-order valence-corrected chi connectivity index (χ4v) is 7.10. The minimum absolute atomic E-state index is 0.153. The van der Waals surface area contributed by atoms with Crippen molar-refractivity contribution in [3.05, 3.63) is 36.5 Å². The molecule has 0 aromatic heterocycles. The highest BCUT2D eigenvalue weighted by atomic mass is 31.2. The second-order valence-electron chi connectivity index (χ2n) is 15.9. The van der Waals surface area contributed by atoms with Gasteiger partial charge < -0.3 is 24.2 Å². The van der Waals surface area contributed by atoms with Crippen LogP contribution in [0.25, 0.3) is 0 Å². The van der Waals surface area contributed by atoms with Crippen molar-refractivity contribution < 1.29 is 52.2 Å². The van der Waals surface area contributed by atoms with Crippen LogP contribution in [-0.2, 0) is 42.2 Å². The van der Waals surface area contributed by atoms with Crippen molar-refractivity contribution in [2.24, 2.45) is 0 Å². The number of ether oxygens (including phenoxy) is 3. The van der Waals surface area contributed by atoms with Crippen molar-refractivity contribution in [3.8, 4) is 0 Å². The molecule has 0 aliphatic rings. The molecule has 0 saturated heterocycles. The maximum atomic E-state index is 12.8. The van der Waals surface area contributed by atoms with Crippen molar-refractivity contribution in [2.45, 2.75) is 226 Å². The van der Waals surface area contributed by atoms with Gasteiger partial charge in [0.2, 0.25) is 0 Å². The average molecular weight is 871 g/mol. The quantitative estimate of drug-likeness (QED) is 0.0198. The zero-order valence-electron chi connectivity index (χ0n) is 38.2. The van der Waals surface area contributed by atoms with Gasteiger partial charge in [-0.05, 0) is 64.2 Å². The molecule has 0 aliphatic carbocycles. The van der Waals surface area contributed by atoms with Crippen LogP contribution in [0.3, 0.4) is 0 Å². The van der Waals surface area contributed by atoms with Crippen LogP contribution in [0.1, 0.15) is 213 Å². The molecule has 0 aromatic rings. The van der Waals surface area contributed by atoms with Gasteiger partial charge in [0.25, 0.3) is 0 Å². The molecule has 0 spiro atoms. The second kappa shape index (κ2) is 43.4. The lowest BCUT2D eigenvalue weighted by Gasteiger charge is -2.21. The molecule has 12 heteroatoms. The Labute approximate surface area is 365 Å². The largest absolute Gasteiger partial charge is 0.472 e. The predicted molar refractivity (Wildman–Crippen MR) is 242 cm³/mol. The average Bonchev–Trinajstić information content (AvgIpc) is 3.23. The molecule has 2 N–H and O–H groups in total.